The summed E-state index contributed by atoms with van der Waals surface area (Å²) in [6.45, 7) is 4.12. The van der Waals surface area contributed by atoms with Gasteiger partial charge in [0.1, 0.15) is 11.9 Å². The van der Waals surface area contributed by atoms with Crippen molar-refractivity contribution >= 4 is 22.3 Å². The monoisotopic (exact) mass is 259 g/mol. The van der Waals surface area contributed by atoms with Crippen LogP contribution >= 0.6 is 0 Å². The molecule has 1 atom stereocenters. The minimum absolute atomic E-state index is 0.0293. The lowest BCUT2D eigenvalue weighted by Crippen LogP contribution is -2.16. The number of hydrogen-bond donors (Lipinski definition) is 1. The van der Waals surface area contributed by atoms with Crippen molar-refractivity contribution in [2.45, 2.75) is 32.7 Å². The maximum absolute atomic E-state index is 11.1. The van der Waals surface area contributed by atoms with E-state index in [-0.39, 0.29) is 16.7 Å². The molecule has 0 aliphatic carbocycles. The number of benzene rings is 1. The van der Waals surface area contributed by atoms with Crippen LogP contribution in [0.4, 0.5) is 11.4 Å². The van der Waals surface area contributed by atoms with Crippen molar-refractivity contribution in [2.75, 3.05) is 5.32 Å². The molecule has 0 aliphatic rings. The zero-order chi connectivity index (χ0) is 13.8. The molecule has 5 nitrogen and oxygen atoms in total. The molecular weight excluding hydrogens is 242 g/mol. The van der Waals surface area contributed by atoms with Gasteiger partial charge in [0.25, 0.3) is 0 Å². The molecule has 100 valence electrons. The maximum atomic E-state index is 11.1. The van der Waals surface area contributed by atoms with Crippen LogP contribution in [0.5, 0.6) is 0 Å². The molecule has 19 heavy (non-hydrogen) atoms. The predicted molar refractivity (Wildman–Crippen MR) is 76.4 cm³/mol. The topological polar surface area (TPSA) is 68.1 Å². The fourth-order valence-electron chi connectivity index (χ4n) is 2.17. The highest BCUT2D eigenvalue weighted by molar-refractivity contribution is 5.95. The lowest BCUT2D eigenvalue weighted by atomic mass is 10.1. The van der Waals surface area contributed by atoms with Crippen LogP contribution in [0.25, 0.3) is 10.9 Å². The van der Waals surface area contributed by atoms with Gasteiger partial charge in [-0.15, -0.1) is 0 Å². The molecule has 0 saturated heterocycles. The third-order valence-corrected chi connectivity index (χ3v) is 3.06. The van der Waals surface area contributed by atoms with E-state index in [0.717, 1.165) is 23.7 Å². The molecule has 1 N–H and O–H groups in total. The second-order valence-corrected chi connectivity index (χ2v) is 4.63. The summed E-state index contributed by atoms with van der Waals surface area (Å²) in [6.07, 6.45) is 3.32. The molecular formula is C14H17N3O2. The number of aromatic nitrogens is 1. The number of pyridine rings is 1. The molecule has 0 bridgehead atoms. The summed E-state index contributed by atoms with van der Waals surface area (Å²) in [7, 11) is 0. The zero-order valence-electron chi connectivity index (χ0n) is 11.1. The number of anilines is 1. The smallest absolute Gasteiger partial charge is 0.311 e. The quantitative estimate of drug-likeness (QED) is 0.656. The minimum Gasteiger partial charge on any atom is -0.376 e. The van der Waals surface area contributed by atoms with Crippen molar-refractivity contribution in [2.24, 2.45) is 0 Å². The van der Waals surface area contributed by atoms with Crippen molar-refractivity contribution in [1.82, 2.24) is 4.98 Å². The van der Waals surface area contributed by atoms with Gasteiger partial charge in [-0.3, -0.25) is 10.1 Å². The zero-order valence-corrected chi connectivity index (χ0v) is 11.1. The summed E-state index contributed by atoms with van der Waals surface area (Å²) in [5.74, 6) is 0. The molecule has 1 unspecified atom stereocenters. The van der Waals surface area contributed by atoms with Gasteiger partial charge in [-0.25, -0.2) is 4.98 Å². The molecule has 5 heteroatoms. The van der Waals surface area contributed by atoms with Gasteiger partial charge in [-0.05, 0) is 19.4 Å². The molecule has 2 aromatic rings. The summed E-state index contributed by atoms with van der Waals surface area (Å²) in [6, 6.07) is 7.64. The molecule has 0 spiro atoms. The third-order valence-electron chi connectivity index (χ3n) is 3.06. The Morgan fingerprint density at radius 1 is 1.42 bits per heavy atom. The van der Waals surface area contributed by atoms with Crippen LogP contribution in [0.15, 0.2) is 30.5 Å². The Morgan fingerprint density at radius 2 is 2.16 bits per heavy atom. The Bertz CT molecular complexity index is 598. The number of nitro groups is 1. The standard InChI is InChI=1S/C14H17N3O2/c1-3-6-10(2)16-14-11-7-4-5-8-12(11)15-9-13(14)17(18)19/h4-5,7-10H,3,6H2,1-2H3,(H,15,16). The third kappa shape index (κ3) is 2.81. The van der Waals surface area contributed by atoms with E-state index in [2.05, 4.69) is 17.2 Å². The summed E-state index contributed by atoms with van der Waals surface area (Å²) < 4.78 is 0. The van der Waals surface area contributed by atoms with E-state index in [9.17, 15) is 10.1 Å². The molecule has 1 aromatic heterocycles. The van der Waals surface area contributed by atoms with Crippen LogP contribution in [0.1, 0.15) is 26.7 Å². The van der Waals surface area contributed by atoms with Crippen molar-refractivity contribution in [3.05, 3.63) is 40.6 Å². The van der Waals surface area contributed by atoms with Crippen LogP contribution in [0.2, 0.25) is 0 Å². The first-order chi connectivity index (χ1) is 9.13. The summed E-state index contributed by atoms with van der Waals surface area (Å²) >= 11 is 0. The Balaban J connectivity index is 2.52. The molecule has 0 saturated carbocycles. The first-order valence-electron chi connectivity index (χ1n) is 6.42. The van der Waals surface area contributed by atoms with Crippen LogP contribution in [-0.2, 0) is 0 Å². The molecule has 2 rings (SSSR count). The molecule has 0 amide bonds. The molecule has 0 fully saturated rings. The van der Waals surface area contributed by atoms with E-state index in [0.29, 0.717) is 5.69 Å². The predicted octanol–water partition coefficient (Wildman–Crippen LogP) is 3.74. The Hall–Kier alpha value is -2.17. The molecule has 1 aromatic carbocycles. The van der Waals surface area contributed by atoms with Crippen molar-refractivity contribution in [3.63, 3.8) is 0 Å². The number of nitrogens with zero attached hydrogens (tertiary/aromatic N) is 2. The average molecular weight is 259 g/mol. The van der Waals surface area contributed by atoms with Crippen LogP contribution in [0.3, 0.4) is 0 Å². The van der Waals surface area contributed by atoms with Gasteiger partial charge in [0.2, 0.25) is 0 Å². The van der Waals surface area contributed by atoms with Gasteiger partial charge in [0, 0.05) is 11.4 Å². The lowest BCUT2D eigenvalue weighted by molar-refractivity contribution is -0.384. The van der Waals surface area contributed by atoms with Gasteiger partial charge in [0.15, 0.2) is 0 Å². The van der Waals surface area contributed by atoms with Crippen LogP contribution < -0.4 is 5.32 Å². The van der Waals surface area contributed by atoms with Gasteiger partial charge >= 0.3 is 5.69 Å². The first kappa shape index (κ1) is 13.3. The molecule has 0 radical (unpaired) electrons. The second-order valence-electron chi connectivity index (χ2n) is 4.63. The van der Waals surface area contributed by atoms with Crippen molar-refractivity contribution in [3.8, 4) is 0 Å². The van der Waals surface area contributed by atoms with E-state index in [1.807, 2.05) is 31.2 Å². The lowest BCUT2D eigenvalue weighted by Gasteiger charge is -2.15. The van der Waals surface area contributed by atoms with E-state index >= 15 is 0 Å². The van der Waals surface area contributed by atoms with Crippen molar-refractivity contribution in [1.29, 1.82) is 0 Å². The van der Waals surface area contributed by atoms with E-state index < -0.39 is 0 Å². The highest BCUT2D eigenvalue weighted by atomic mass is 16.6. The molecule has 0 aliphatic heterocycles. The largest absolute Gasteiger partial charge is 0.376 e. The average Bonchev–Trinajstić information content (AvgIpc) is 2.39. The summed E-state index contributed by atoms with van der Waals surface area (Å²) in [5.41, 5.74) is 1.36. The summed E-state index contributed by atoms with van der Waals surface area (Å²) in [4.78, 5) is 14.9. The van der Waals surface area contributed by atoms with Gasteiger partial charge in [-0.2, -0.15) is 0 Å². The SMILES string of the molecule is CCCC(C)Nc1c([N+](=O)[O-])cnc2ccccc12. The van der Waals surface area contributed by atoms with E-state index in [1.165, 1.54) is 6.20 Å². The highest BCUT2D eigenvalue weighted by Crippen LogP contribution is 2.32. The fraction of sp³-hybridized carbons (Fsp3) is 0.357. The number of nitrogens with one attached hydrogen (secondary N) is 1. The van der Waals surface area contributed by atoms with E-state index in [4.69, 9.17) is 0 Å². The van der Waals surface area contributed by atoms with Crippen LogP contribution in [-0.4, -0.2) is 15.9 Å². The van der Waals surface area contributed by atoms with Crippen LogP contribution in [0, 0.1) is 10.1 Å². The fourth-order valence-corrected chi connectivity index (χ4v) is 2.17. The maximum Gasteiger partial charge on any atom is 0.311 e. The highest BCUT2D eigenvalue weighted by Gasteiger charge is 2.19. The second kappa shape index (κ2) is 5.65. The number of hydrogen-bond acceptors (Lipinski definition) is 4. The van der Waals surface area contributed by atoms with Gasteiger partial charge < -0.3 is 5.32 Å². The first-order valence-corrected chi connectivity index (χ1v) is 6.42. The van der Waals surface area contributed by atoms with E-state index in [1.54, 1.807) is 0 Å². The van der Waals surface area contributed by atoms with Gasteiger partial charge in [-0.1, -0.05) is 31.5 Å². The van der Waals surface area contributed by atoms with Gasteiger partial charge in [0.05, 0.1) is 10.4 Å². The number of para-hydroxylation sites is 1. The number of fused-ring (bicyclic) bond motifs is 1. The summed E-state index contributed by atoms with van der Waals surface area (Å²) in [5, 5.41) is 15.2. The normalized spacial score (nSPS) is 12.3. The Kier molecular flexibility index (Phi) is 3.94. The molecule has 1 heterocycles. The Morgan fingerprint density at radius 3 is 2.84 bits per heavy atom. The number of rotatable bonds is 5. The Labute approximate surface area is 111 Å². The van der Waals surface area contributed by atoms with Crippen molar-refractivity contribution < 1.29 is 4.92 Å². The minimum atomic E-state index is -0.388.